The Labute approximate surface area is 126 Å². The molecule has 0 bridgehead atoms. The topological polar surface area (TPSA) is 70.6 Å². The summed E-state index contributed by atoms with van der Waals surface area (Å²) in [6.45, 7) is 8.36. The van der Waals surface area contributed by atoms with Crippen LogP contribution in [0, 0.1) is 12.3 Å². The Kier molecular flexibility index (Phi) is 6.03. The molecule has 0 saturated heterocycles. The molecule has 21 heavy (non-hydrogen) atoms. The predicted molar refractivity (Wildman–Crippen MR) is 83.4 cm³/mol. The van der Waals surface area contributed by atoms with E-state index >= 15 is 0 Å². The second-order valence-electron chi connectivity index (χ2n) is 6.26. The number of benzene rings is 1. The summed E-state index contributed by atoms with van der Waals surface area (Å²) in [5.41, 5.74) is 1.76. The number of ether oxygens (including phenoxy) is 1. The third-order valence-corrected chi connectivity index (χ3v) is 3.34. The number of hydrogen-bond donors (Lipinski definition) is 3. The van der Waals surface area contributed by atoms with Crippen molar-refractivity contribution in [1.29, 1.82) is 0 Å². The van der Waals surface area contributed by atoms with Gasteiger partial charge in [0.05, 0.1) is 13.2 Å². The number of nitrogens with one attached hydrogen (secondary N) is 2. The van der Waals surface area contributed by atoms with E-state index in [1.807, 2.05) is 45.9 Å². The van der Waals surface area contributed by atoms with Crippen LogP contribution < -0.4 is 15.4 Å². The molecule has 5 heteroatoms. The Bertz CT molecular complexity index is 481. The minimum Gasteiger partial charge on any atom is -0.496 e. The lowest BCUT2D eigenvalue weighted by Gasteiger charge is -2.25. The van der Waals surface area contributed by atoms with Gasteiger partial charge in [-0.3, -0.25) is 0 Å². The lowest BCUT2D eigenvalue weighted by molar-refractivity contribution is 0.0650. The van der Waals surface area contributed by atoms with Gasteiger partial charge >= 0.3 is 6.03 Å². The summed E-state index contributed by atoms with van der Waals surface area (Å²) in [6, 6.07) is 5.53. The van der Waals surface area contributed by atoms with Crippen LogP contribution in [0.3, 0.4) is 0 Å². The monoisotopic (exact) mass is 294 g/mol. The highest BCUT2D eigenvalue weighted by Crippen LogP contribution is 2.20. The van der Waals surface area contributed by atoms with Crippen molar-refractivity contribution >= 4 is 6.03 Å². The van der Waals surface area contributed by atoms with Crippen molar-refractivity contribution in [3.63, 3.8) is 0 Å². The summed E-state index contributed by atoms with van der Waals surface area (Å²) >= 11 is 0. The maximum absolute atomic E-state index is 11.7. The first-order chi connectivity index (χ1) is 9.74. The van der Waals surface area contributed by atoms with Crippen molar-refractivity contribution < 1.29 is 14.6 Å². The molecule has 0 fully saturated rings. The van der Waals surface area contributed by atoms with Crippen LogP contribution in [-0.4, -0.2) is 30.9 Å². The maximum Gasteiger partial charge on any atom is 0.315 e. The average molecular weight is 294 g/mol. The van der Waals surface area contributed by atoms with Gasteiger partial charge in [-0.05, 0) is 24.0 Å². The van der Waals surface area contributed by atoms with Gasteiger partial charge in [0.15, 0.2) is 0 Å². The predicted octanol–water partition coefficient (Wildman–Crippen LogP) is 2.21. The Morgan fingerprint density at radius 2 is 2.00 bits per heavy atom. The highest BCUT2D eigenvalue weighted by atomic mass is 16.5. The summed E-state index contributed by atoms with van der Waals surface area (Å²) in [5, 5.41) is 15.3. The largest absolute Gasteiger partial charge is 0.496 e. The fourth-order valence-corrected chi connectivity index (χ4v) is 1.73. The van der Waals surface area contributed by atoms with Crippen LogP contribution in [0.1, 0.15) is 31.9 Å². The van der Waals surface area contributed by atoms with Crippen LogP contribution in [0.25, 0.3) is 0 Å². The van der Waals surface area contributed by atoms with Crippen molar-refractivity contribution in [3.8, 4) is 5.75 Å². The molecule has 0 spiro atoms. The van der Waals surface area contributed by atoms with Crippen molar-refractivity contribution in [3.05, 3.63) is 29.3 Å². The first kappa shape index (κ1) is 17.3. The van der Waals surface area contributed by atoms with Crippen molar-refractivity contribution in [1.82, 2.24) is 10.6 Å². The molecule has 0 aromatic heterocycles. The molecule has 1 atom stereocenters. The standard InChI is InChI=1S/C16H26N2O3/c1-11-6-7-12(13(8-11)21-5)9-17-15(20)18-10-14(19)16(2,3)4/h6-8,14,19H,9-10H2,1-5H3,(H2,17,18,20). The normalized spacial score (nSPS) is 12.7. The zero-order valence-corrected chi connectivity index (χ0v) is 13.5. The molecule has 2 amide bonds. The van der Waals surface area contributed by atoms with Crippen LogP contribution in [0.4, 0.5) is 4.79 Å². The molecule has 0 radical (unpaired) electrons. The highest BCUT2D eigenvalue weighted by Gasteiger charge is 2.22. The zero-order valence-electron chi connectivity index (χ0n) is 13.5. The quantitative estimate of drug-likeness (QED) is 0.780. The summed E-state index contributed by atoms with van der Waals surface area (Å²) in [5.74, 6) is 0.755. The summed E-state index contributed by atoms with van der Waals surface area (Å²) in [4.78, 5) is 11.7. The van der Waals surface area contributed by atoms with Crippen LogP contribution in [-0.2, 0) is 6.54 Å². The van der Waals surface area contributed by atoms with Gasteiger partial charge in [0.1, 0.15) is 5.75 Å². The van der Waals surface area contributed by atoms with Crippen molar-refractivity contribution in [2.75, 3.05) is 13.7 Å². The van der Waals surface area contributed by atoms with Gasteiger partial charge in [0.25, 0.3) is 0 Å². The zero-order chi connectivity index (χ0) is 16.0. The summed E-state index contributed by atoms with van der Waals surface area (Å²) in [7, 11) is 1.61. The first-order valence-electron chi connectivity index (χ1n) is 7.07. The molecular weight excluding hydrogens is 268 g/mol. The van der Waals surface area contributed by atoms with E-state index < -0.39 is 6.10 Å². The van der Waals surface area contributed by atoms with Crippen LogP contribution in [0.2, 0.25) is 0 Å². The minimum atomic E-state index is -0.586. The molecule has 1 unspecified atom stereocenters. The number of carbonyl (C=O) groups excluding carboxylic acids is 1. The van der Waals surface area contributed by atoms with Crippen LogP contribution >= 0.6 is 0 Å². The van der Waals surface area contributed by atoms with E-state index in [2.05, 4.69) is 10.6 Å². The Morgan fingerprint density at radius 1 is 1.33 bits per heavy atom. The minimum absolute atomic E-state index is 0.223. The molecule has 5 nitrogen and oxygen atoms in total. The molecule has 0 saturated carbocycles. The number of rotatable bonds is 5. The van der Waals surface area contributed by atoms with Gasteiger partial charge in [-0.2, -0.15) is 0 Å². The van der Waals surface area contributed by atoms with Gasteiger partial charge in [-0.1, -0.05) is 32.9 Å². The van der Waals surface area contributed by atoms with E-state index in [1.165, 1.54) is 0 Å². The third kappa shape index (κ3) is 5.63. The number of urea groups is 1. The van der Waals surface area contributed by atoms with Gasteiger partial charge < -0.3 is 20.5 Å². The van der Waals surface area contributed by atoms with Gasteiger partial charge in [-0.15, -0.1) is 0 Å². The second kappa shape index (κ2) is 7.31. The van der Waals surface area contributed by atoms with E-state index in [-0.39, 0.29) is 18.0 Å². The van der Waals surface area contributed by atoms with E-state index in [4.69, 9.17) is 4.74 Å². The summed E-state index contributed by atoms with van der Waals surface area (Å²) in [6.07, 6.45) is -0.586. The van der Waals surface area contributed by atoms with E-state index in [0.29, 0.717) is 6.54 Å². The molecule has 3 N–H and O–H groups in total. The Morgan fingerprint density at radius 3 is 2.57 bits per heavy atom. The molecule has 0 aliphatic rings. The number of amides is 2. The molecule has 1 rings (SSSR count). The average Bonchev–Trinajstić information content (AvgIpc) is 2.42. The number of aliphatic hydroxyl groups is 1. The highest BCUT2D eigenvalue weighted by molar-refractivity contribution is 5.73. The van der Waals surface area contributed by atoms with Gasteiger partial charge in [0, 0.05) is 18.7 Å². The smallest absolute Gasteiger partial charge is 0.315 e. The van der Waals surface area contributed by atoms with Gasteiger partial charge in [-0.25, -0.2) is 4.79 Å². The third-order valence-electron chi connectivity index (χ3n) is 3.34. The van der Waals surface area contributed by atoms with E-state index in [1.54, 1.807) is 7.11 Å². The van der Waals surface area contributed by atoms with Crippen molar-refractivity contribution in [2.24, 2.45) is 5.41 Å². The number of aryl methyl sites for hydroxylation is 1. The number of aliphatic hydroxyl groups excluding tert-OH is 1. The molecule has 1 aromatic rings. The maximum atomic E-state index is 11.7. The van der Waals surface area contributed by atoms with Crippen LogP contribution in [0.15, 0.2) is 18.2 Å². The molecule has 0 heterocycles. The van der Waals surface area contributed by atoms with E-state index in [9.17, 15) is 9.90 Å². The molecule has 118 valence electrons. The number of hydrogen-bond acceptors (Lipinski definition) is 3. The molecular formula is C16H26N2O3. The fourth-order valence-electron chi connectivity index (χ4n) is 1.73. The van der Waals surface area contributed by atoms with Crippen LogP contribution in [0.5, 0.6) is 5.75 Å². The number of carbonyl (C=O) groups is 1. The lowest BCUT2D eigenvalue weighted by Crippen LogP contribution is -2.43. The molecule has 1 aromatic carbocycles. The summed E-state index contributed by atoms with van der Waals surface area (Å²) < 4.78 is 5.29. The second-order valence-corrected chi connectivity index (χ2v) is 6.26. The molecule has 0 aliphatic heterocycles. The lowest BCUT2D eigenvalue weighted by atomic mass is 9.89. The van der Waals surface area contributed by atoms with Gasteiger partial charge in [0.2, 0.25) is 0 Å². The number of methoxy groups -OCH3 is 1. The SMILES string of the molecule is COc1cc(C)ccc1CNC(=O)NCC(O)C(C)(C)C. The first-order valence-corrected chi connectivity index (χ1v) is 7.07. The molecule has 0 aliphatic carbocycles. The fraction of sp³-hybridized carbons (Fsp3) is 0.562. The van der Waals surface area contributed by atoms with Crippen molar-refractivity contribution in [2.45, 2.75) is 40.3 Å². The Hall–Kier alpha value is -1.75. The Balaban J connectivity index is 2.47. The van der Waals surface area contributed by atoms with E-state index in [0.717, 1.165) is 16.9 Å².